The van der Waals surface area contributed by atoms with Crippen molar-refractivity contribution in [3.05, 3.63) is 51.8 Å². The molecule has 1 aromatic carbocycles. The van der Waals surface area contributed by atoms with Crippen LogP contribution in [0.4, 0.5) is 0 Å². The summed E-state index contributed by atoms with van der Waals surface area (Å²) < 4.78 is 0. The number of fused-ring (bicyclic) bond motifs is 1. The molecule has 94 valence electrons. The Hall–Kier alpha value is -1.19. The first-order valence-corrected chi connectivity index (χ1v) is 6.59. The van der Waals surface area contributed by atoms with Crippen LogP contribution in [0.25, 0.3) is 0 Å². The van der Waals surface area contributed by atoms with Gasteiger partial charge in [0.1, 0.15) is 0 Å². The minimum atomic E-state index is 0.255. The van der Waals surface area contributed by atoms with Crippen molar-refractivity contribution in [2.75, 3.05) is 0 Å². The van der Waals surface area contributed by atoms with E-state index in [1.54, 1.807) is 11.1 Å². The van der Waals surface area contributed by atoms with Crippen molar-refractivity contribution in [2.45, 2.75) is 25.7 Å². The Morgan fingerprint density at radius 2 is 1.33 bits per heavy atom. The number of rotatable bonds is 0. The average Bonchev–Trinajstić information content (AvgIpc) is 2.39. The van der Waals surface area contributed by atoms with Crippen LogP contribution >= 0.6 is 23.2 Å². The van der Waals surface area contributed by atoms with Crippen LogP contribution in [0.2, 0.25) is 10.3 Å². The van der Waals surface area contributed by atoms with E-state index in [4.69, 9.17) is 23.2 Å². The summed E-state index contributed by atoms with van der Waals surface area (Å²) in [4.78, 5) is 0. The maximum absolute atomic E-state index is 5.35. The Kier molecular flexibility index (Phi) is 4.90. The van der Waals surface area contributed by atoms with E-state index in [0.717, 1.165) is 0 Å². The maximum Gasteiger partial charge on any atom is 0.156 e. The fraction of sp³-hybridized carbons (Fsp3) is 0.308. The zero-order valence-corrected chi connectivity index (χ0v) is 11.3. The third-order valence-corrected chi connectivity index (χ3v) is 3.15. The van der Waals surface area contributed by atoms with Crippen LogP contribution in [0, 0.1) is 0 Å². The summed E-state index contributed by atoms with van der Waals surface area (Å²) in [5, 5.41) is 10.4. The number of hydrogen-bond donors (Lipinski definition) is 0. The van der Waals surface area contributed by atoms with Gasteiger partial charge in [-0.25, -0.2) is 0 Å². The third kappa shape index (κ3) is 3.93. The van der Waals surface area contributed by atoms with E-state index in [-0.39, 0.29) is 10.3 Å². The molecule has 0 bridgehead atoms. The highest BCUT2D eigenvalue weighted by Gasteiger charge is 2.05. The lowest BCUT2D eigenvalue weighted by atomic mass is 9.92. The second-order valence-corrected chi connectivity index (χ2v) is 4.83. The van der Waals surface area contributed by atoms with Crippen molar-refractivity contribution in [1.29, 1.82) is 0 Å². The van der Waals surface area contributed by atoms with Crippen molar-refractivity contribution in [3.8, 4) is 0 Å². The molecule has 0 radical (unpaired) electrons. The van der Waals surface area contributed by atoms with Gasteiger partial charge in [-0.3, -0.25) is 0 Å². The molecule has 1 heterocycles. The molecule has 0 atom stereocenters. The molecule has 0 spiro atoms. The number of aromatic nitrogens is 3. The van der Waals surface area contributed by atoms with Crippen molar-refractivity contribution < 1.29 is 0 Å². The Labute approximate surface area is 116 Å². The summed E-state index contributed by atoms with van der Waals surface area (Å²) in [5.41, 5.74) is 3.16. The number of aryl methyl sites for hydroxylation is 2. The second-order valence-electron chi connectivity index (χ2n) is 4.06. The van der Waals surface area contributed by atoms with Crippen LogP contribution in [0.5, 0.6) is 0 Å². The van der Waals surface area contributed by atoms with Crippen LogP contribution in [0.3, 0.4) is 0 Å². The minimum Gasteiger partial charge on any atom is -0.118 e. The Morgan fingerprint density at radius 3 is 1.72 bits per heavy atom. The predicted molar refractivity (Wildman–Crippen MR) is 72.9 cm³/mol. The maximum atomic E-state index is 5.35. The van der Waals surface area contributed by atoms with E-state index in [2.05, 4.69) is 39.7 Å². The van der Waals surface area contributed by atoms with Crippen molar-refractivity contribution in [1.82, 2.24) is 15.4 Å². The first-order valence-electron chi connectivity index (χ1n) is 5.84. The molecule has 1 aliphatic rings. The van der Waals surface area contributed by atoms with E-state index in [1.165, 1.54) is 31.7 Å². The molecule has 0 unspecified atom stereocenters. The summed E-state index contributed by atoms with van der Waals surface area (Å²) >= 11 is 10.7. The van der Waals surface area contributed by atoms with Gasteiger partial charge in [0.15, 0.2) is 10.3 Å². The van der Waals surface area contributed by atoms with Gasteiger partial charge in [-0.2, -0.15) is 0 Å². The fourth-order valence-electron chi connectivity index (χ4n) is 1.94. The summed E-state index contributed by atoms with van der Waals surface area (Å²) in [5.74, 6) is 0. The van der Waals surface area contributed by atoms with Crippen LogP contribution in [-0.4, -0.2) is 15.4 Å². The summed E-state index contributed by atoms with van der Waals surface area (Å²) in [7, 11) is 0. The Bertz CT molecular complexity index is 475. The highest BCUT2D eigenvalue weighted by atomic mass is 35.5. The number of nitrogens with zero attached hydrogens (tertiary/aromatic N) is 3. The molecule has 0 fully saturated rings. The average molecular weight is 282 g/mol. The lowest BCUT2D eigenvalue weighted by Gasteiger charge is -2.13. The Morgan fingerprint density at radius 1 is 0.833 bits per heavy atom. The topological polar surface area (TPSA) is 38.7 Å². The van der Waals surface area contributed by atoms with Gasteiger partial charge in [0.2, 0.25) is 0 Å². The molecular weight excluding hydrogens is 269 g/mol. The molecule has 3 rings (SSSR count). The molecule has 1 aliphatic carbocycles. The number of benzene rings is 1. The lowest BCUT2D eigenvalue weighted by Crippen LogP contribution is -2.00. The molecule has 18 heavy (non-hydrogen) atoms. The Balaban J connectivity index is 0.000000138. The minimum absolute atomic E-state index is 0.255. The molecule has 0 amide bonds. The number of hydrogen-bond acceptors (Lipinski definition) is 3. The quantitative estimate of drug-likeness (QED) is 0.738. The fourth-order valence-corrected chi connectivity index (χ4v) is 2.27. The zero-order valence-electron chi connectivity index (χ0n) is 9.81. The van der Waals surface area contributed by atoms with Gasteiger partial charge in [-0.05, 0) is 42.0 Å². The largest absolute Gasteiger partial charge is 0.156 e. The van der Waals surface area contributed by atoms with Gasteiger partial charge in [0, 0.05) is 6.07 Å². The monoisotopic (exact) mass is 281 g/mol. The van der Waals surface area contributed by atoms with Crippen LogP contribution < -0.4 is 0 Å². The SMILES string of the molecule is Clc1cc(Cl)nnn1.c1ccc2c(c1)CCCC2. The molecule has 3 nitrogen and oxygen atoms in total. The third-order valence-electron chi connectivity index (χ3n) is 2.78. The van der Waals surface area contributed by atoms with Gasteiger partial charge < -0.3 is 0 Å². The summed E-state index contributed by atoms with van der Waals surface area (Å²) in [6, 6.07) is 10.2. The molecule has 5 heteroatoms. The van der Waals surface area contributed by atoms with Crippen molar-refractivity contribution in [2.24, 2.45) is 0 Å². The standard InChI is InChI=1S/C10H12.C3HCl2N3/c1-2-6-10-8-4-3-7-9(10)5-1;4-2-1-3(5)7-8-6-2/h1-2,5-6H,3-4,7-8H2;1H. The van der Waals surface area contributed by atoms with E-state index < -0.39 is 0 Å². The van der Waals surface area contributed by atoms with Gasteiger partial charge in [0.25, 0.3) is 0 Å². The number of halogens is 2. The van der Waals surface area contributed by atoms with Crippen molar-refractivity contribution >= 4 is 23.2 Å². The highest BCUT2D eigenvalue weighted by Crippen LogP contribution is 2.19. The normalized spacial score (nSPS) is 13.2. The van der Waals surface area contributed by atoms with Gasteiger partial charge >= 0.3 is 0 Å². The second kappa shape index (κ2) is 6.66. The van der Waals surface area contributed by atoms with E-state index in [1.807, 2.05) is 0 Å². The molecule has 2 aromatic rings. The molecule has 0 saturated heterocycles. The van der Waals surface area contributed by atoms with Crippen molar-refractivity contribution in [3.63, 3.8) is 0 Å². The molecular formula is C13H13Cl2N3. The molecule has 0 aliphatic heterocycles. The smallest absolute Gasteiger partial charge is 0.118 e. The lowest BCUT2D eigenvalue weighted by molar-refractivity contribution is 0.685. The van der Waals surface area contributed by atoms with E-state index in [0.29, 0.717) is 0 Å². The zero-order chi connectivity index (χ0) is 12.8. The molecule has 1 aromatic heterocycles. The highest BCUT2D eigenvalue weighted by molar-refractivity contribution is 6.32. The van der Waals surface area contributed by atoms with Crippen LogP contribution in [-0.2, 0) is 12.8 Å². The van der Waals surface area contributed by atoms with Gasteiger partial charge in [-0.1, -0.05) is 47.5 Å². The molecule has 0 N–H and O–H groups in total. The van der Waals surface area contributed by atoms with Gasteiger partial charge in [0.05, 0.1) is 0 Å². The first kappa shape index (κ1) is 13.2. The van der Waals surface area contributed by atoms with E-state index >= 15 is 0 Å². The van der Waals surface area contributed by atoms with Gasteiger partial charge in [-0.15, -0.1) is 10.2 Å². The van der Waals surface area contributed by atoms with Crippen LogP contribution in [0.15, 0.2) is 30.3 Å². The predicted octanol–water partition coefficient (Wildman–Crippen LogP) is 3.74. The molecule has 0 saturated carbocycles. The first-order chi connectivity index (χ1) is 8.75. The van der Waals surface area contributed by atoms with Crippen LogP contribution in [0.1, 0.15) is 24.0 Å². The summed E-state index contributed by atoms with van der Waals surface area (Å²) in [6.07, 6.45) is 5.38. The summed E-state index contributed by atoms with van der Waals surface area (Å²) in [6.45, 7) is 0. The van der Waals surface area contributed by atoms with E-state index in [9.17, 15) is 0 Å².